The van der Waals surface area contributed by atoms with Crippen molar-refractivity contribution in [2.24, 2.45) is 0 Å². The Hall–Kier alpha value is -3.44. The number of halogens is 2. The van der Waals surface area contributed by atoms with Crippen molar-refractivity contribution in [2.45, 2.75) is 13.8 Å². The Kier molecular flexibility index (Phi) is 5.14. The fourth-order valence-electron chi connectivity index (χ4n) is 3.30. The number of amides is 2. The van der Waals surface area contributed by atoms with Gasteiger partial charge in [-0.05, 0) is 55.3 Å². The molecule has 0 radical (unpaired) electrons. The molecule has 1 N–H and O–H groups in total. The molecule has 3 aromatic rings. The first-order chi connectivity index (χ1) is 14.3. The SMILES string of the molecule is Cc1ccc(C2=C(Nc3cccc(F)c3)C(=O)N(c3ccc(C)c(Cl)c3)C2=O)cc1. The van der Waals surface area contributed by atoms with Crippen molar-refractivity contribution in [1.29, 1.82) is 0 Å². The standard InChI is InChI=1S/C24H18ClFN2O2/c1-14-6-9-16(10-7-14)21-22(27-18-5-3-4-17(26)12-18)24(30)28(23(21)29)19-11-8-15(2)20(25)13-19/h3-13,27H,1-2H3. The molecular formula is C24H18ClFN2O2. The summed E-state index contributed by atoms with van der Waals surface area (Å²) >= 11 is 6.22. The van der Waals surface area contributed by atoms with Crippen molar-refractivity contribution < 1.29 is 14.0 Å². The number of carbonyl (C=O) groups excluding carboxylic acids is 2. The summed E-state index contributed by atoms with van der Waals surface area (Å²) in [7, 11) is 0. The average molecular weight is 421 g/mol. The van der Waals surface area contributed by atoms with Gasteiger partial charge in [-0.1, -0.05) is 53.6 Å². The highest BCUT2D eigenvalue weighted by atomic mass is 35.5. The number of imide groups is 1. The molecule has 150 valence electrons. The van der Waals surface area contributed by atoms with Crippen molar-refractivity contribution in [3.8, 4) is 0 Å². The number of hydrogen-bond donors (Lipinski definition) is 1. The van der Waals surface area contributed by atoms with Crippen molar-refractivity contribution in [2.75, 3.05) is 10.2 Å². The molecule has 0 fully saturated rings. The largest absolute Gasteiger partial charge is 0.350 e. The second-order valence-electron chi connectivity index (χ2n) is 7.13. The number of anilines is 2. The van der Waals surface area contributed by atoms with Crippen LogP contribution in [0.15, 0.2) is 72.4 Å². The topological polar surface area (TPSA) is 49.4 Å². The molecule has 6 heteroatoms. The van der Waals surface area contributed by atoms with Gasteiger partial charge in [-0.15, -0.1) is 0 Å². The van der Waals surface area contributed by atoms with Crippen LogP contribution < -0.4 is 10.2 Å². The fourth-order valence-corrected chi connectivity index (χ4v) is 3.47. The third kappa shape index (κ3) is 3.60. The van der Waals surface area contributed by atoms with Crippen LogP contribution in [-0.2, 0) is 9.59 Å². The van der Waals surface area contributed by atoms with Crippen LogP contribution in [0.1, 0.15) is 16.7 Å². The average Bonchev–Trinajstić information content (AvgIpc) is 2.95. The number of hydrogen-bond acceptors (Lipinski definition) is 3. The van der Waals surface area contributed by atoms with E-state index in [0.29, 0.717) is 22.0 Å². The molecular weight excluding hydrogens is 403 g/mol. The Morgan fingerprint density at radius 2 is 1.63 bits per heavy atom. The maximum Gasteiger partial charge on any atom is 0.282 e. The Bertz CT molecular complexity index is 1200. The normalized spacial score (nSPS) is 13.9. The van der Waals surface area contributed by atoms with E-state index in [1.807, 2.05) is 26.0 Å². The molecule has 0 saturated heterocycles. The lowest BCUT2D eigenvalue weighted by Gasteiger charge is -2.16. The molecule has 3 aromatic carbocycles. The molecule has 4 rings (SSSR count). The lowest BCUT2D eigenvalue weighted by molar-refractivity contribution is -0.120. The van der Waals surface area contributed by atoms with E-state index < -0.39 is 17.6 Å². The van der Waals surface area contributed by atoms with Gasteiger partial charge in [0.1, 0.15) is 11.5 Å². The first-order valence-electron chi connectivity index (χ1n) is 9.34. The zero-order chi connectivity index (χ0) is 21.4. The zero-order valence-electron chi connectivity index (χ0n) is 16.4. The van der Waals surface area contributed by atoms with E-state index >= 15 is 0 Å². The van der Waals surface area contributed by atoms with Crippen LogP contribution in [-0.4, -0.2) is 11.8 Å². The van der Waals surface area contributed by atoms with Crippen LogP contribution >= 0.6 is 11.6 Å². The quantitative estimate of drug-likeness (QED) is 0.567. The number of rotatable bonds is 4. The molecule has 0 atom stereocenters. The first-order valence-corrected chi connectivity index (χ1v) is 9.72. The summed E-state index contributed by atoms with van der Waals surface area (Å²) in [6, 6.07) is 18.1. The molecule has 0 saturated carbocycles. The number of aryl methyl sites for hydroxylation is 2. The monoisotopic (exact) mass is 420 g/mol. The van der Waals surface area contributed by atoms with Gasteiger partial charge in [0, 0.05) is 10.7 Å². The summed E-state index contributed by atoms with van der Waals surface area (Å²) in [6.07, 6.45) is 0. The summed E-state index contributed by atoms with van der Waals surface area (Å²) in [4.78, 5) is 27.7. The van der Waals surface area contributed by atoms with Crippen molar-refractivity contribution in [3.63, 3.8) is 0 Å². The van der Waals surface area contributed by atoms with Crippen LogP contribution in [0, 0.1) is 19.7 Å². The van der Waals surface area contributed by atoms with E-state index in [4.69, 9.17) is 11.6 Å². The third-order valence-electron chi connectivity index (χ3n) is 4.93. The first kappa shape index (κ1) is 19.9. The highest BCUT2D eigenvalue weighted by Gasteiger charge is 2.40. The highest BCUT2D eigenvalue weighted by Crippen LogP contribution is 2.35. The predicted octanol–water partition coefficient (Wildman–Crippen LogP) is 5.49. The molecule has 1 heterocycles. The second kappa shape index (κ2) is 7.76. The maximum atomic E-state index is 13.7. The molecule has 30 heavy (non-hydrogen) atoms. The molecule has 1 aliphatic rings. The van der Waals surface area contributed by atoms with Crippen molar-refractivity contribution >= 4 is 40.4 Å². The molecule has 0 unspecified atom stereocenters. The lowest BCUT2D eigenvalue weighted by atomic mass is 10.0. The Morgan fingerprint density at radius 3 is 2.30 bits per heavy atom. The molecule has 0 spiro atoms. The number of nitrogens with one attached hydrogen (secondary N) is 1. The second-order valence-corrected chi connectivity index (χ2v) is 7.54. The number of carbonyl (C=O) groups is 2. The van der Waals surface area contributed by atoms with Gasteiger partial charge < -0.3 is 5.32 Å². The van der Waals surface area contributed by atoms with Gasteiger partial charge in [-0.2, -0.15) is 0 Å². The molecule has 2 amide bonds. The lowest BCUT2D eigenvalue weighted by Crippen LogP contribution is -2.32. The molecule has 0 aliphatic carbocycles. The molecule has 0 aromatic heterocycles. The van der Waals surface area contributed by atoms with Crippen LogP contribution in [0.4, 0.5) is 15.8 Å². The maximum absolute atomic E-state index is 13.7. The molecule has 1 aliphatic heterocycles. The van der Waals surface area contributed by atoms with Crippen LogP contribution in [0.3, 0.4) is 0 Å². The van der Waals surface area contributed by atoms with Gasteiger partial charge in [0.25, 0.3) is 11.8 Å². The Balaban J connectivity index is 1.83. The van der Waals surface area contributed by atoms with Gasteiger partial charge in [-0.3, -0.25) is 9.59 Å². The zero-order valence-corrected chi connectivity index (χ0v) is 17.1. The molecule has 0 bridgehead atoms. The van der Waals surface area contributed by atoms with Gasteiger partial charge in [-0.25, -0.2) is 9.29 Å². The Morgan fingerprint density at radius 1 is 0.900 bits per heavy atom. The van der Waals surface area contributed by atoms with Gasteiger partial charge >= 0.3 is 0 Å². The van der Waals surface area contributed by atoms with Gasteiger partial charge in [0.2, 0.25) is 0 Å². The van der Waals surface area contributed by atoms with E-state index in [-0.39, 0.29) is 11.3 Å². The molecule has 4 nitrogen and oxygen atoms in total. The van der Waals surface area contributed by atoms with E-state index in [1.165, 1.54) is 18.2 Å². The van der Waals surface area contributed by atoms with E-state index in [0.717, 1.165) is 16.0 Å². The smallest absolute Gasteiger partial charge is 0.282 e. The van der Waals surface area contributed by atoms with Gasteiger partial charge in [0.15, 0.2) is 0 Å². The van der Waals surface area contributed by atoms with Crippen LogP contribution in [0.2, 0.25) is 5.02 Å². The van der Waals surface area contributed by atoms with E-state index in [2.05, 4.69) is 5.32 Å². The van der Waals surface area contributed by atoms with Crippen molar-refractivity contribution in [1.82, 2.24) is 0 Å². The fraction of sp³-hybridized carbons (Fsp3) is 0.0833. The summed E-state index contributed by atoms with van der Waals surface area (Å²) in [6.45, 7) is 3.78. The summed E-state index contributed by atoms with van der Waals surface area (Å²) in [5.74, 6) is -1.45. The number of benzene rings is 3. The van der Waals surface area contributed by atoms with Crippen molar-refractivity contribution in [3.05, 3.63) is 100.0 Å². The summed E-state index contributed by atoms with van der Waals surface area (Å²) in [5.41, 5.74) is 3.52. The van der Waals surface area contributed by atoms with E-state index in [9.17, 15) is 14.0 Å². The minimum atomic E-state index is -0.528. The summed E-state index contributed by atoms with van der Waals surface area (Å²) in [5, 5.41) is 3.40. The predicted molar refractivity (Wildman–Crippen MR) is 117 cm³/mol. The minimum Gasteiger partial charge on any atom is -0.350 e. The van der Waals surface area contributed by atoms with E-state index in [1.54, 1.807) is 36.4 Å². The highest BCUT2D eigenvalue weighted by molar-refractivity contribution is 6.46. The summed E-state index contributed by atoms with van der Waals surface area (Å²) < 4.78 is 13.7. The van der Waals surface area contributed by atoms with Crippen LogP contribution in [0.5, 0.6) is 0 Å². The van der Waals surface area contributed by atoms with Crippen LogP contribution in [0.25, 0.3) is 5.57 Å². The third-order valence-corrected chi connectivity index (χ3v) is 5.34. The minimum absolute atomic E-state index is 0.0890. The Labute approximate surface area is 178 Å². The van der Waals surface area contributed by atoms with Gasteiger partial charge in [0.05, 0.1) is 11.3 Å². The number of nitrogens with zero attached hydrogens (tertiary/aromatic N) is 1.